The molecule has 0 radical (unpaired) electrons. The fraction of sp³-hybridized carbons (Fsp3) is 0.545. The molecule has 166 valence electrons. The molecule has 8 heteroatoms. The van der Waals surface area contributed by atoms with E-state index in [0.29, 0.717) is 18.4 Å². The van der Waals surface area contributed by atoms with E-state index in [4.69, 9.17) is 16.1 Å². The number of hydrogen-bond acceptors (Lipinski definition) is 4. The van der Waals surface area contributed by atoms with Crippen molar-refractivity contribution >= 4 is 47.2 Å². The summed E-state index contributed by atoms with van der Waals surface area (Å²) in [5.41, 5.74) is 3.48. The van der Waals surface area contributed by atoms with Crippen molar-refractivity contribution in [3.05, 3.63) is 46.3 Å². The molecule has 2 heterocycles. The van der Waals surface area contributed by atoms with Gasteiger partial charge in [-0.1, -0.05) is 36.7 Å². The number of aryl methyl sites for hydroxylation is 1. The van der Waals surface area contributed by atoms with E-state index >= 15 is 0 Å². The van der Waals surface area contributed by atoms with E-state index < -0.39 is 0 Å². The van der Waals surface area contributed by atoms with Gasteiger partial charge in [0.1, 0.15) is 6.54 Å². The lowest BCUT2D eigenvalue weighted by molar-refractivity contribution is 0.376. The van der Waals surface area contributed by atoms with Crippen LogP contribution in [-0.2, 0) is 6.54 Å². The van der Waals surface area contributed by atoms with Crippen LogP contribution in [0.15, 0.2) is 33.8 Å². The maximum Gasteiger partial charge on any atom is 0.191 e. The van der Waals surface area contributed by atoms with Crippen LogP contribution in [0.2, 0.25) is 5.02 Å². The SMILES string of the molecule is CCNC(=NCc1cc(C(C)C)no1)NCC1CCN(c2cc(Cl)ccc2C)C1.I. The molecule has 3 rings (SSSR count). The number of nitrogens with zero attached hydrogens (tertiary/aromatic N) is 3. The number of anilines is 1. The van der Waals surface area contributed by atoms with Crippen LogP contribution in [0, 0.1) is 12.8 Å². The summed E-state index contributed by atoms with van der Waals surface area (Å²) in [6, 6.07) is 8.10. The van der Waals surface area contributed by atoms with E-state index in [0.717, 1.165) is 55.0 Å². The van der Waals surface area contributed by atoms with Gasteiger partial charge in [0.15, 0.2) is 11.7 Å². The van der Waals surface area contributed by atoms with E-state index in [-0.39, 0.29) is 24.0 Å². The lowest BCUT2D eigenvalue weighted by Gasteiger charge is -2.21. The normalized spacial score (nSPS) is 16.7. The van der Waals surface area contributed by atoms with Gasteiger partial charge in [-0.05, 0) is 49.8 Å². The average molecular weight is 546 g/mol. The molecule has 2 aromatic rings. The van der Waals surface area contributed by atoms with Crippen molar-refractivity contribution in [2.24, 2.45) is 10.9 Å². The quantitative estimate of drug-likeness (QED) is 0.293. The van der Waals surface area contributed by atoms with Crippen LogP contribution in [0.4, 0.5) is 5.69 Å². The first-order chi connectivity index (χ1) is 14.0. The van der Waals surface area contributed by atoms with E-state index in [2.05, 4.69) is 65.5 Å². The Morgan fingerprint density at radius 3 is 2.83 bits per heavy atom. The molecule has 1 aliphatic rings. The lowest BCUT2D eigenvalue weighted by atomic mass is 10.1. The van der Waals surface area contributed by atoms with E-state index in [1.165, 1.54) is 11.3 Å². The summed E-state index contributed by atoms with van der Waals surface area (Å²) in [6.45, 7) is 12.7. The Morgan fingerprint density at radius 1 is 1.33 bits per heavy atom. The molecule has 0 spiro atoms. The number of nitrogens with one attached hydrogen (secondary N) is 2. The van der Waals surface area contributed by atoms with Gasteiger partial charge in [-0.3, -0.25) is 0 Å². The molecule has 1 unspecified atom stereocenters. The minimum atomic E-state index is 0. The Hall–Kier alpha value is -1.48. The van der Waals surface area contributed by atoms with Crippen LogP contribution in [0.5, 0.6) is 0 Å². The molecule has 1 atom stereocenters. The first-order valence-corrected chi connectivity index (χ1v) is 10.8. The summed E-state index contributed by atoms with van der Waals surface area (Å²) < 4.78 is 5.39. The highest BCUT2D eigenvalue weighted by molar-refractivity contribution is 14.0. The summed E-state index contributed by atoms with van der Waals surface area (Å²) in [7, 11) is 0. The first-order valence-electron chi connectivity index (χ1n) is 10.4. The molecular weight excluding hydrogens is 513 g/mol. The molecule has 1 aromatic carbocycles. The summed E-state index contributed by atoms with van der Waals surface area (Å²) in [5, 5.41) is 11.7. The second kappa shape index (κ2) is 11.8. The molecule has 1 fully saturated rings. The summed E-state index contributed by atoms with van der Waals surface area (Å²) in [6.07, 6.45) is 1.15. The molecule has 0 saturated carbocycles. The highest BCUT2D eigenvalue weighted by atomic mass is 127. The third-order valence-corrected chi connectivity index (χ3v) is 5.50. The molecule has 6 nitrogen and oxygen atoms in total. The summed E-state index contributed by atoms with van der Waals surface area (Å²) in [4.78, 5) is 7.08. The number of benzene rings is 1. The third-order valence-electron chi connectivity index (χ3n) is 5.26. The molecule has 0 amide bonds. The van der Waals surface area contributed by atoms with Crippen molar-refractivity contribution in [2.75, 3.05) is 31.1 Å². The zero-order valence-electron chi connectivity index (χ0n) is 18.2. The average Bonchev–Trinajstić information content (AvgIpc) is 3.35. The zero-order chi connectivity index (χ0) is 20.8. The minimum Gasteiger partial charge on any atom is -0.371 e. The van der Waals surface area contributed by atoms with Crippen LogP contribution in [0.25, 0.3) is 0 Å². The smallest absolute Gasteiger partial charge is 0.191 e. The van der Waals surface area contributed by atoms with Gasteiger partial charge in [-0.2, -0.15) is 0 Å². The van der Waals surface area contributed by atoms with Gasteiger partial charge in [0.25, 0.3) is 0 Å². The van der Waals surface area contributed by atoms with Crippen molar-refractivity contribution in [1.82, 2.24) is 15.8 Å². The van der Waals surface area contributed by atoms with Crippen molar-refractivity contribution in [2.45, 2.75) is 46.6 Å². The standard InChI is InChI=1S/C22H32ClN5O.HI/c1-5-24-22(26-13-19-11-20(15(2)3)27-29-19)25-12-17-8-9-28(14-17)21-10-18(23)7-6-16(21)4;/h6-7,10-11,15,17H,5,8-9,12-14H2,1-4H3,(H2,24,25,26);1H. The second-order valence-electron chi connectivity index (χ2n) is 7.98. The van der Waals surface area contributed by atoms with Crippen LogP contribution in [-0.4, -0.2) is 37.3 Å². The van der Waals surface area contributed by atoms with Gasteiger partial charge in [0, 0.05) is 43.0 Å². The molecule has 1 aliphatic heterocycles. The van der Waals surface area contributed by atoms with Crippen LogP contribution >= 0.6 is 35.6 Å². The van der Waals surface area contributed by atoms with Gasteiger partial charge in [0.2, 0.25) is 0 Å². The Balaban J connectivity index is 0.00000320. The molecular formula is C22H33ClIN5O. The fourth-order valence-corrected chi connectivity index (χ4v) is 3.72. The molecule has 2 N–H and O–H groups in total. The molecule has 1 aromatic heterocycles. The van der Waals surface area contributed by atoms with Gasteiger partial charge in [0.05, 0.1) is 5.69 Å². The van der Waals surface area contributed by atoms with Gasteiger partial charge >= 0.3 is 0 Å². The summed E-state index contributed by atoms with van der Waals surface area (Å²) >= 11 is 6.20. The Kier molecular flexibility index (Phi) is 9.74. The largest absolute Gasteiger partial charge is 0.371 e. The second-order valence-corrected chi connectivity index (χ2v) is 8.42. The topological polar surface area (TPSA) is 65.7 Å². The maximum atomic E-state index is 6.20. The van der Waals surface area contributed by atoms with E-state index in [1.54, 1.807) is 0 Å². The predicted octanol–water partition coefficient (Wildman–Crippen LogP) is 4.96. The Bertz CT molecular complexity index is 839. The number of rotatable bonds is 7. The predicted molar refractivity (Wildman–Crippen MR) is 135 cm³/mol. The first kappa shape index (κ1) is 24.8. The molecule has 30 heavy (non-hydrogen) atoms. The highest BCUT2D eigenvalue weighted by Crippen LogP contribution is 2.29. The zero-order valence-corrected chi connectivity index (χ0v) is 21.3. The molecule has 0 aliphatic carbocycles. The Labute approximate surface area is 201 Å². The lowest BCUT2D eigenvalue weighted by Crippen LogP contribution is -2.40. The van der Waals surface area contributed by atoms with Gasteiger partial charge in [-0.25, -0.2) is 4.99 Å². The minimum absolute atomic E-state index is 0. The number of halogens is 2. The monoisotopic (exact) mass is 545 g/mol. The Morgan fingerprint density at radius 2 is 2.13 bits per heavy atom. The van der Waals surface area contributed by atoms with Crippen molar-refractivity contribution in [3.8, 4) is 0 Å². The van der Waals surface area contributed by atoms with Gasteiger partial charge in [-0.15, -0.1) is 24.0 Å². The molecule has 0 bridgehead atoms. The van der Waals surface area contributed by atoms with Gasteiger partial charge < -0.3 is 20.1 Å². The molecule has 1 saturated heterocycles. The summed E-state index contributed by atoms with van der Waals surface area (Å²) in [5.74, 6) is 2.52. The number of guanidine groups is 1. The van der Waals surface area contributed by atoms with Crippen LogP contribution in [0.1, 0.15) is 50.1 Å². The number of hydrogen-bond donors (Lipinski definition) is 2. The van der Waals surface area contributed by atoms with E-state index in [1.807, 2.05) is 12.1 Å². The van der Waals surface area contributed by atoms with Crippen LogP contribution in [0.3, 0.4) is 0 Å². The van der Waals surface area contributed by atoms with Crippen molar-refractivity contribution in [1.29, 1.82) is 0 Å². The van der Waals surface area contributed by atoms with Crippen LogP contribution < -0.4 is 15.5 Å². The fourth-order valence-electron chi connectivity index (χ4n) is 3.56. The van der Waals surface area contributed by atoms with Crippen molar-refractivity contribution < 1.29 is 4.52 Å². The van der Waals surface area contributed by atoms with E-state index in [9.17, 15) is 0 Å². The van der Waals surface area contributed by atoms with Crippen molar-refractivity contribution in [3.63, 3.8) is 0 Å². The number of aromatic nitrogens is 1. The number of aliphatic imine (C=N–C) groups is 1. The highest BCUT2D eigenvalue weighted by Gasteiger charge is 2.24. The maximum absolute atomic E-state index is 6.20. The third kappa shape index (κ3) is 6.77.